The largest absolute Gasteiger partial charge is 0.475 e. The van der Waals surface area contributed by atoms with Gasteiger partial charge in [0.1, 0.15) is 49.5 Å². The zero-order chi connectivity index (χ0) is 74.6. The van der Waals surface area contributed by atoms with E-state index < -0.39 is 53.2 Å². The quantitative estimate of drug-likeness (QED) is 0.0179. The number of halogens is 4. The van der Waals surface area contributed by atoms with Gasteiger partial charge in [-0.25, -0.2) is 36.7 Å². The highest BCUT2D eigenvalue weighted by Gasteiger charge is 2.20. The summed E-state index contributed by atoms with van der Waals surface area (Å²) in [5.41, 5.74) is 11.2. The Morgan fingerprint density at radius 1 is 0.495 bits per heavy atom. The standard InChI is InChI=1S/C20H13F2N3O2.C18H12F2N4O.C13H11NO4.C13H10O5.C13H10O4/c21-13-6-3-12(4-7-13)5-8-16-14-10-18(15(22)11-17(14)25-24-16)23-20(26)19-2-1-9-27-19;19-12-4-1-11(2-5-12)3-6-15-13-9-17(22-18(25)7-8-21)14(20)10-16(13)24-23-15;2*14-12(15)10-6-7-11(18-10)13(16)17-8-9-4-2-1-3-5-9;14-8-11-6-7-12(17-11)13(15)16-9-10-4-2-1-3-5-10/h1-11H,(H,23,26)(H,24,25);1-6,9-10H,7H2,(H,22,25)(H,23,24);1-7H,8H2,(H2,14,15);1-7H,8H2,(H,14,15);1-8H,9H2/b8-5+;6-3+;;;. The van der Waals surface area contributed by atoms with Crippen molar-refractivity contribution >= 4 is 105 Å². The number of carboxylic acid groups (broad SMARTS) is 1. The molecule has 0 radical (unpaired) electrons. The molecule has 528 valence electrons. The van der Waals surface area contributed by atoms with Crippen LogP contribution in [-0.2, 0) is 38.8 Å². The number of hydrogen-bond donors (Lipinski definition) is 6. The smallest absolute Gasteiger partial charge is 0.374 e. The molecule has 0 atom stereocenters. The Morgan fingerprint density at radius 3 is 1.30 bits per heavy atom. The number of carbonyl (C=O) groups is 8. The fraction of sp³-hybridized carbons (Fsp3) is 0.0519. The molecule has 24 nitrogen and oxygen atoms in total. The van der Waals surface area contributed by atoms with Gasteiger partial charge < -0.3 is 53.4 Å². The van der Waals surface area contributed by atoms with Crippen LogP contribution in [-0.4, -0.2) is 73.4 Å². The van der Waals surface area contributed by atoms with Crippen LogP contribution < -0.4 is 16.4 Å². The maximum Gasteiger partial charge on any atom is 0.374 e. The molecule has 0 bridgehead atoms. The zero-order valence-corrected chi connectivity index (χ0v) is 54.5. The van der Waals surface area contributed by atoms with E-state index in [0.717, 1.165) is 27.8 Å². The summed E-state index contributed by atoms with van der Waals surface area (Å²) in [5, 5.41) is 37.0. The summed E-state index contributed by atoms with van der Waals surface area (Å²) < 4.78 is 88.9. The number of nitrogens with zero attached hydrogens (tertiary/aromatic N) is 3. The summed E-state index contributed by atoms with van der Waals surface area (Å²) in [4.78, 5) is 90.0. The number of aldehydes is 1. The van der Waals surface area contributed by atoms with Crippen molar-refractivity contribution in [1.29, 1.82) is 5.26 Å². The number of ether oxygens (including phenoxy) is 3. The number of nitrogens with one attached hydrogen (secondary N) is 4. The van der Waals surface area contributed by atoms with E-state index in [0.29, 0.717) is 39.5 Å². The van der Waals surface area contributed by atoms with E-state index in [1.807, 2.05) is 91.0 Å². The van der Waals surface area contributed by atoms with Crippen LogP contribution >= 0.6 is 0 Å². The highest BCUT2D eigenvalue weighted by atomic mass is 19.1. The summed E-state index contributed by atoms with van der Waals surface area (Å²) in [6.45, 7) is 0.436. The number of carbonyl (C=O) groups excluding carboxylic acids is 7. The molecule has 0 saturated carbocycles. The molecule has 0 aliphatic rings. The van der Waals surface area contributed by atoms with Crippen molar-refractivity contribution in [2.24, 2.45) is 5.73 Å². The van der Waals surface area contributed by atoms with E-state index in [-0.39, 0.29) is 89.6 Å². The first kappa shape index (κ1) is 74.5. The van der Waals surface area contributed by atoms with Gasteiger partial charge in [0.25, 0.3) is 11.8 Å². The van der Waals surface area contributed by atoms with E-state index in [1.54, 1.807) is 60.7 Å². The number of furan rings is 4. The summed E-state index contributed by atoms with van der Waals surface area (Å²) in [6, 6.07) is 57.8. The van der Waals surface area contributed by atoms with E-state index in [2.05, 4.69) is 31.0 Å². The number of H-pyrrole nitrogens is 2. The van der Waals surface area contributed by atoms with Gasteiger partial charge in [-0.3, -0.25) is 29.4 Å². The van der Waals surface area contributed by atoms with Gasteiger partial charge in [0.05, 0.1) is 46.1 Å². The lowest BCUT2D eigenvalue weighted by Crippen LogP contribution is -2.12. The number of amides is 3. The van der Waals surface area contributed by atoms with Crippen molar-refractivity contribution in [3.05, 3.63) is 321 Å². The fourth-order valence-corrected chi connectivity index (χ4v) is 8.97. The van der Waals surface area contributed by atoms with Crippen LogP contribution in [0.1, 0.15) is 120 Å². The molecular formula is C77H56F4N8O16. The number of carboxylic acids is 1. The first-order valence-corrected chi connectivity index (χ1v) is 30.9. The van der Waals surface area contributed by atoms with Gasteiger partial charge in [-0.2, -0.15) is 15.5 Å². The van der Waals surface area contributed by atoms with Crippen molar-refractivity contribution in [1.82, 2.24) is 20.4 Å². The summed E-state index contributed by atoms with van der Waals surface area (Å²) in [6.07, 6.45) is 8.47. The molecular weight excluding hydrogens is 1370 g/mol. The van der Waals surface area contributed by atoms with Gasteiger partial charge in [0, 0.05) is 22.9 Å². The number of benzene rings is 7. The van der Waals surface area contributed by atoms with E-state index >= 15 is 0 Å². The molecule has 3 amide bonds. The number of anilines is 2. The lowest BCUT2D eigenvalue weighted by Gasteiger charge is -2.05. The van der Waals surface area contributed by atoms with E-state index in [9.17, 15) is 55.9 Å². The molecule has 6 aromatic heterocycles. The molecule has 13 aromatic rings. The van der Waals surface area contributed by atoms with Crippen LogP contribution in [0, 0.1) is 34.6 Å². The number of primary amides is 1. The number of fused-ring (bicyclic) bond motifs is 2. The summed E-state index contributed by atoms with van der Waals surface area (Å²) >= 11 is 0. The number of aromatic nitrogens is 4. The maximum atomic E-state index is 14.3. The minimum absolute atomic E-state index is 0.0155. The van der Waals surface area contributed by atoms with Gasteiger partial charge in [0.15, 0.2) is 23.6 Å². The van der Waals surface area contributed by atoms with Crippen LogP contribution in [0.5, 0.6) is 0 Å². The van der Waals surface area contributed by atoms with Crippen molar-refractivity contribution < 1.29 is 92.9 Å². The molecule has 0 aliphatic carbocycles. The molecule has 0 unspecified atom stereocenters. The highest BCUT2D eigenvalue weighted by Crippen LogP contribution is 2.28. The summed E-state index contributed by atoms with van der Waals surface area (Å²) in [5.74, 6) is -7.16. The monoisotopic (exact) mass is 1420 g/mol. The van der Waals surface area contributed by atoms with Crippen molar-refractivity contribution in [3.8, 4) is 6.07 Å². The van der Waals surface area contributed by atoms with Gasteiger partial charge >= 0.3 is 23.9 Å². The second-order valence-corrected chi connectivity index (χ2v) is 21.6. The number of rotatable bonds is 20. The normalized spacial score (nSPS) is 10.5. The molecule has 28 heteroatoms. The SMILES string of the molecule is N#CCC(=O)Nc1cc2c(/C=C/c3ccc(F)cc3)n[nH]c2cc1F.NC(=O)c1ccc(C(=O)OCc2ccccc2)o1.O=C(Nc1cc2c(/C=C/c3ccc(F)cc3)n[nH]c2cc1F)c1ccco1.O=C(O)c1ccc(C(=O)OCc2ccccc2)o1.O=Cc1ccc(C(=O)OCc2ccccc2)o1. The number of hydrogen-bond acceptors (Lipinski definition) is 18. The summed E-state index contributed by atoms with van der Waals surface area (Å²) in [7, 11) is 0. The molecule has 7 N–H and O–H groups in total. The Bertz CT molecular complexity index is 5150. The Morgan fingerprint density at radius 2 is 0.914 bits per heavy atom. The maximum absolute atomic E-state index is 14.3. The Kier molecular flexibility index (Phi) is 26.2. The molecule has 0 spiro atoms. The molecule has 105 heavy (non-hydrogen) atoms. The average molecular weight is 1430 g/mol. The molecule has 0 fully saturated rings. The van der Waals surface area contributed by atoms with Crippen molar-refractivity contribution in [2.75, 3.05) is 10.6 Å². The van der Waals surface area contributed by atoms with Crippen LogP contribution in [0.15, 0.2) is 236 Å². The zero-order valence-electron chi connectivity index (χ0n) is 54.5. The third kappa shape index (κ3) is 22.1. The van der Waals surface area contributed by atoms with Crippen molar-refractivity contribution in [2.45, 2.75) is 26.2 Å². The second-order valence-electron chi connectivity index (χ2n) is 21.6. The van der Waals surface area contributed by atoms with Crippen molar-refractivity contribution in [3.63, 3.8) is 0 Å². The molecule has 0 aliphatic heterocycles. The van der Waals surface area contributed by atoms with Gasteiger partial charge in [-0.15, -0.1) is 0 Å². The predicted octanol–water partition coefficient (Wildman–Crippen LogP) is 15.2. The minimum Gasteiger partial charge on any atom is -0.475 e. The lowest BCUT2D eigenvalue weighted by molar-refractivity contribution is -0.115. The Hall–Kier alpha value is -14.8. The Balaban J connectivity index is 0.000000154. The second kappa shape index (κ2) is 36.9. The van der Waals surface area contributed by atoms with Gasteiger partial charge in [0.2, 0.25) is 28.9 Å². The number of aromatic amines is 2. The molecule has 13 rings (SSSR count). The van der Waals surface area contributed by atoms with Crippen LogP contribution in [0.2, 0.25) is 0 Å². The van der Waals surface area contributed by atoms with Crippen LogP contribution in [0.4, 0.5) is 28.9 Å². The van der Waals surface area contributed by atoms with Gasteiger partial charge in [-0.05, 0) is 125 Å². The predicted molar refractivity (Wildman–Crippen MR) is 372 cm³/mol. The third-order valence-electron chi connectivity index (χ3n) is 14.1. The first-order valence-electron chi connectivity index (χ1n) is 30.9. The minimum atomic E-state index is -1.22. The van der Waals surface area contributed by atoms with Gasteiger partial charge in [-0.1, -0.05) is 127 Å². The number of nitrogens with two attached hydrogens (primary N) is 1. The van der Waals surface area contributed by atoms with Crippen LogP contribution in [0.25, 0.3) is 46.1 Å². The lowest BCUT2D eigenvalue weighted by atomic mass is 10.1. The number of aromatic carboxylic acids is 1. The van der Waals surface area contributed by atoms with E-state index in [1.165, 1.54) is 97.3 Å². The fourth-order valence-electron chi connectivity index (χ4n) is 8.97. The van der Waals surface area contributed by atoms with E-state index in [4.69, 9.17) is 48.0 Å². The van der Waals surface area contributed by atoms with Crippen LogP contribution in [0.3, 0.4) is 0 Å². The Labute approximate surface area is 591 Å². The number of nitriles is 1. The first-order chi connectivity index (χ1) is 50.8. The topological polar surface area (TPSA) is 368 Å². The third-order valence-corrected chi connectivity index (χ3v) is 14.1. The average Bonchev–Trinajstić information content (AvgIpc) is 1.70. The molecule has 0 saturated heterocycles. The number of esters is 3. The molecule has 7 aromatic carbocycles. The molecule has 6 heterocycles. The highest BCUT2D eigenvalue weighted by molar-refractivity contribution is 6.04.